The number of amides is 1. The maximum atomic E-state index is 12.1. The van der Waals surface area contributed by atoms with Gasteiger partial charge in [0.15, 0.2) is 0 Å². The highest BCUT2D eigenvalue weighted by Gasteiger charge is 2.33. The Hall–Kier alpha value is -1.36. The van der Waals surface area contributed by atoms with Crippen molar-refractivity contribution in [1.82, 2.24) is 10.2 Å². The number of unbranched alkanes of at least 4 members (excludes halogenated alkanes) is 1. The summed E-state index contributed by atoms with van der Waals surface area (Å²) in [5, 5.41) is 12.1. The average molecular weight is 296 g/mol. The van der Waals surface area contributed by atoms with Crippen LogP contribution in [0.3, 0.4) is 0 Å². The zero-order valence-electron chi connectivity index (χ0n) is 13.2. The fourth-order valence-electron chi connectivity index (χ4n) is 2.72. The summed E-state index contributed by atoms with van der Waals surface area (Å²) in [6.45, 7) is 8.08. The molecule has 1 amide bonds. The van der Waals surface area contributed by atoms with Gasteiger partial charge in [-0.25, -0.2) is 0 Å². The second-order valence-electron chi connectivity index (χ2n) is 5.52. The van der Waals surface area contributed by atoms with Gasteiger partial charge in [0.05, 0.1) is 11.8 Å². The van der Waals surface area contributed by atoms with Crippen LogP contribution in [-0.4, -0.2) is 48.1 Å². The molecule has 0 radical (unpaired) electrons. The summed E-state index contributed by atoms with van der Waals surface area (Å²) in [7, 11) is 0. The van der Waals surface area contributed by atoms with Crippen molar-refractivity contribution in [2.75, 3.05) is 26.2 Å². The zero-order valence-corrected chi connectivity index (χ0v) is 13.2. The highest BCUT2D eigenvalue weighted by atomic mass is 16.4. The van der Waals surface area contributed by atoms with Gasteiger partial charge in [0.2, 0.25) is 5.91 Å². The molecule has 5 nitrogen and oxygen atoms in total. The van der Waals surface area contributed by atoms with Crippen molar-refractivity contribution in [3.63, 3.8) is 0 Å². The van der Waals surface area contributed by atoms with Crippen LogP contribution in [0.25, 0.3) is 0 Å². The first-order chi connectivity index (χ1) is 10.1. The van der Waals surface area contributed by atoms with Crippen LogP contribution in [-0.2, 0) is 9.59 Å². The summed E-state index contributed by atoms with van der Waals surface area (Å²) in [5.74, 6) is -1.99. The first-order valence-electron chi connectivity index (χ1n) is 7.98. The Morgan fingerprint density at radius 1 is 1.14 bits per heavy atom. The fraction of sp³-hybridized carbons (Fsp3) is 0.750. The molecule has 0 fully saturated rings. The second kappa shape index (κ2) is 9.55. The molecule has 2 atom stereocenters. The molecular formula is C16H28N2O3. The largest absolute Gasteiger partial charge is 0.481 e. The molecule has 21 heavy (non-hydrogen) atoms. The lowest BCUT2D eigenvalue weighted by atomic mass is 9.82. The highest BCUT2D eigenvalue weighted by molar-refractivity contribution is 5.85. The molecule has 0 saturated heterocycles. The third-order valence-electron chi connectivity index (χ3n) is 4.18. The van der Waals surface area contributed by atoms with Gasteiger partial charge in [-0.2, -0.15) is 0 Å². The summed E-state index contributed by atoms with van der Waals surface area (Å²) < 4.78 is 0. The number of hydrogen-bond donors (Lipinski definition) is 2. The van der Waals surface area contributed by atoms with E-state index in [1.165, 1.54) is 0 Å². The Morgan fingerprint density at radius 2 is 1.76 bits per heavy atom. The number of carbonyl (C=O) groups excluding carboxylic acids is 1. The van der Waals surface area contributed by atoms with Crippen molar-refractivity contribution < 1.29 is 14.7 Å². The molecule has 1 rings (SSSR count). The van der Waals surface area contributed by atoms with E-state index in [0.717, 1.165) is 32.5 Å². The summed E-state index contributed by atoms with van der Waals surface area (Å²) >= 11 is 0. The Kier molecular flexibility index (Phi) is 8.05. The molecule has 0 saturated carbocycles. The van der Waals surface area contributed by atoms with E-state index in [1.54, 1.807) is 0 Å². The third-order valence-corrected chi connectivity index (χ3v) is 4.18. The molecule has 0 aromatic rings. The standard InChI is InChI=1S/C16H28N2O3/c1-3-18(4-2)12-8-7-11-17-15(19)13-9-5-6-10-14(13)16(20)21/h5-6,13-14H,3-4,7-12H2,1-2H3,(H,17,19)(H,20,21). The average Bonchev–Trinajstić information content (AvgIpc) is 2.50. The molecule has 0 spiro atoms. The fourth-order valence-corrected chi connectivity index (χ4v) is 2.72. The van der Waals surface area contributed by atoms with Crippen molar-refractivity contribution in [2.45, 2.75) is 39.5 Å². The van der Waals surface area contributed by atoms with Crippen molar-refractivity contribution in [2.24, 2.45) is 11.8 Å². The quantitative estimate of drug-likeness (QED) is 0.503. The van der Waals surface area contributed by atoms with Gasteiger partial charge in [-0.1, -0.05) is 26.0 Å². The minimum absolute atomic E-state index is 0.116. The predicted octanol–water partition coefficient (Wildman–Crippen LogP) is 1.89. The van der Waals surface area contributed by atoms with Crippen LogP contribution in [0.2, 0.25) is 0 Å². The van der Waals surface area contributed by atoms with E-state index in [9.17, 15) is 9.59 Å². The normalized spacial score (nSPS) is 21.5. The molecule has 1 aliphatic rings. The van der Waals surface area contributed by atoms with E-state index in [4.69, 9.17) is 5.11 Å². The van der Waals surface area contributed by atoms with E-state index in [1.807, 2.05) is 12.2 Å². The van der Waals surface area contributed by atoms with Crippen molar-refractivity contribution >= 4 is 11.9 Å². The van der Waals surface area contributed by atoms with E-state index in [-0.39, 0.29) is 5.91 Å². The lowest BCUT2D eigenvalue weighted by Crippen LogP contribution is -2.39. The number of carbonyl (C=O) groups is 2. The van der Waals surface area contributed by atoms with Crippen LogP contribution in [0.15, 0.2) is 12.2 Å². The van der Waals surface area contributed by atoms with Crippen molar-refractivity contribution in [3.05, 3.63) is 12.2 Å². The number of hydrogen-bond acceptors (Lipinski definition) is 3. The van der Waals surface area contributed by atoms with Gasteiger partial charge < -0.3 is 15.3 Å². The zero-order chi connectivity index (χ0) is 15.7. The molecule has 0 heterocycles. The molecule has 0 aliphatic heterocycles. The molecule has 2 N–H and O–H groups in total. The summed E-state index contributed by atoms with van der Waals surface area (Å²) in [4.78, 5) is 25.6. The number of carboxylic acids is 1. The van der Waals surface area contributed by atoms with E-state index >= 15 is 0 Å². The van der Waals surface area contributed by atoms with Gasteiger partial charge in [-0.3, -0.25) is 9.59 Å². The van der Waals surface area contributed by atoms with Crippen LogP contribution in [0.5, 0.6) is 0 Å². The topological polar surface area (TPSA) is 69.6 Å². The maximum absolute atomic E-state index is 12.1. The van der Waals surface area contributed by atoms with Gasteiger partial charge in [0, 0.05) is 6.54 Å². The Bertz CT molecular complexity index is 365. The van der Waals surface area contributed by atoms with Gasteiger partial charge in [-0.15, -0.1) is 0 Å². The molecular weight excluding hydrogens is 268 g/mol. The predicted molar refractivity (Wildman–Crippen MR) is 83.0 cm³/mol. The first-order valence-corrected chi connectivity index (χ1v) is 7.98. The Labute approximate surface area is 127 Å². The number of allylic oxidation sites excluding steroid dienone is 2. The van der Waals surface area contributed by atoms with Gasteiger partial charge in [0.25, 0.3) is 0 Å². The van der Waals surface area contributed by atoms with Crippen LogP contribution in [0.4, 0.5) is 0 Å². The van der Waals surface area contributed by atoms with Gasteiger partial charge >= 0.3 is 5.97 Å². The molecule has 0 aromatic heterocycles. The second-order valence-corrected chi connectivity index (χ2v) is 5.52. The molecule has 5 heteroatoms. The van der Waals surface area contributed by atoms with E-state index < -0.39 is 17.8 Å². The number of nitrogens with zero attached hydrogens (tertiary/aromatic N) is 1. The molecule has 0 aromatic carbocycles. The van der Waals surface area contributed by atoms with E-state index in [0.29, 0.717) is 19.4 Å². The number of rotatable bonds is 9. The molecule has 120 valence electrons. The van der Waals surface area contributed by atoms with Crippen LogP contribution in [0.1, 0.15) is 39.5 Å². The van der Waals surface area contributed by atoms with Crippen LogP contribution < -0.4 is 5.32 Å². The number of nitrogens with one attached hydrogen (secondary N) is 1. The molecule has 1 aliphatic carbocycles. The van der Waals surface area contributed by atoms with Gasteiger partial charge in [0.1, 0.15) is 0 Å². The Morgan fingerprint density at radius 3 is 2.33 bits per heavy atom. The number of aliphatic carboxylic acids is 1. The maximum Gasteiger partial charge on any atom is 0.307 e. The third kappa shape index (κ3) is 5.87. The minimum Gasteiger partial charge on any atom is -0.481 e. The lowest BCUT2D eigenvalue weighted by molar-refractivity contribution is -0.147. The van der Waals surface area contributed by atoms with Crippen LogP contribution >= 0.6 is 0 Å². The number of carboxylic acid groups (broad SMARTS) is 1. The minimum atomic E-state index is -0.874. The molecule has 0 bridgehead atoms. The summed E-state index contributed by atoms with van der Waals surface area (Å²) in [6, 6.07) is 0. The monoisotopic (exact) mass is 296 g/mol. The molecule has 2 unspecified atom stereocenters. The highest BCUT2D eigenvalue weighted by Crippen LogP contribution is 2.25. The lowest BCUT2D eigenvalue weighted by Gasteiger charge is -2.24. The van der Waals surface area contributed by atoms with Crippen molar-refractivity contribution in [1.29, 1.82) is 0 Å². The smallest absolute Gasteiger partial charge is 0.307 e. The van der Waals surface area contributed by atoms with E-state index in [2.05, 4.69) is 24.1 Å². The Balaban J connectivity index is 2.27. The van der Waals surface area contributed by atoms with Crippen molar-refractivity contribution in [3.8, 4) is 0 Å². The SMILES string of the molecule is CCN(CC)CCCCNC(=O)C1CC=CCC1C(=O)O. The van der Waals surface area contributed by atoms with Gasteiger partial charge in [-0.05, 0) is 45.3 Å². The first kappa shape index (κ1) is 17.7. The summed E-state index contributed by atoms with van der Waals surface area (Å²) in [6.07, 6.45) is 6.73. The van der Waals surface area contributed by atoms with Crippen LogP contribution in [0, 0.1) is 11.8 Å². The summed E-state index contributed by atoms with van der Waals surface area (Å²) in [5.41, 5.74) is 0.